The second-order valence-electron chi connectivity index (χ2n) is 3.06. The van der Waals surface area contributed by atoms with Crippen LogP contribution in [0.25, 0.3) is 0 Å². The predicted octanol–water partition coefficient (Wildman–Crippen LogP) is 2.81. The Balaban J connectivity index is 2.81. The first-order chi connectivity index (χ1) is 7.54. The molecule has 0 aromatic heterocycles. The highest BCUT2D eigenvalue weighted by Gasteiger charge is 2.09. The number of methoxy groups -OCH3 is 1. The van der Waals surface area contributed by atoms with Gasteiger partial charge in [0.2, 0.25) is 0 Å². The fourth-order valence-electron chi connectivity index (χ4n) is 1.33. The highest BCUT2D eigenvalue weighted by atomic mass is 35.5. The molecular formula is C10H11Cl2NO3. The van der Waals surface area contributed by atoms with E-state index in [-0.39, 0.29) is 6.54 Å². The van der Waals surface area contributed by atoms with Crippen LogP contribution in [0.2, 0.25) is 10.0 Å². The predicted molar refractivity (Wildman–Crippen MR) is 62.7 cm³/mol. The summed E-state index contributed by atoms with van der Waals surface area (Å²) < 4.78 is 5.12. The molecule has 6 heteroatoms. The van der Waals surface area contributed by atoms with Crippen molar-refractivity contribution < 1.29 is 14.6 Å². The number of carboxylic acid groups (broad SMARTS) is 1. The first-order valence-electron chi connectivity index (χ1n) is 4.53. The van der Waals surface area contributed by atoms with Crippen molar-refractivity contribution in [2.24, 2.45) is 0 Å². The van der Waals surface area contributed by atoms with Gasteiger partial charge >= 0.3 is 6.09 Å². The van der Waals surface area contributed by atoms with Crippen molar-refractivity contribution in [2.75, 3.05) is 13.7 Å². The van der Waals surface area contributed by atoms with Crippen LogP contribution in [0.1, 0.15) is 5.56 Å². The number of carbonyl (C=O) groups is 1. The number of nitrogens with one attached hydrogen (secondary N) is 1. The molecule has 16 heavy (non-hydrogen) atoms. The molecule has 0 aliphatic rings. The van der Waals surface area contributed by atoms with Gasteiger partial charge in [-0.2, -0.15) is 0 Å². The van der Waals surface area contributed by atoms with Crippen molar-refractivity contribution in [3.05, 3.63) is 27.7 Å². The van der Waals surface area contributed by atoms with Gasteiger partial charge in [-0.3, -0.25) is 0 Å². The molecular weight excluding hydrogens is 253 g/mol. The van der Waals surface area contributed by atoms with Gasteiger partial charge in [0, 0.05) is 11.6 Å². The van der Waals surface area contributed by atoms with Crippen LogP contribution < -0.4 is 10.1 Å². The molecule has 0 atom stereocenters. The monoisotopic (exact) mass is 263 g/mol. The maximum absolute atomic E-state index is 10.3. The molecule has 0 spiro atoms. The minimum absolute atomic E-state index is 0.280. The number of hydrogen-bond donors (Lipinski definition) is 2. The van der Waals surface area contributed by atoms with Gasteiger partial charge in [0.1, 0.15) is 5.75 Å². The number of rotatable bonds is 4. The van der Waals surface area contributed by atoms with Gasteiger partial charge in [0.15, 0.2) is 0 Å². The lowest BCUT2D eigenvalue weighted by Crippen LogP contribution is -2.23. The number of hydrogen-bond acceptors (Lipinski definition) is 2. The minimum atomic E-state index is -1.06. The van der Waals surface area contributed by atoms with Gasteiger partial charge < -0.3 is 15.2 Å². The van der Waals surface area contributed by atoms with Gasteiger partial charge in [-0.1, -0.05) is 23.2 Å². The van der Waals surface area contributed by atoms with Gasteiger partial charge in [-0.15, -0.1) is 0 Å². The number of ether oxygens (including phenoxy) is 1. The zero-order valence-electron chi connectivity index (χ0n) is 8.59. The summed E-state index contributed by atoms with van der Waals surface area (Å²) in [7, 11) is 1.50. The lowest BCUT2D eigenvalue weighted by Gasteiger charge is -2.10. The summed E-state index contributed by atoms with van der Waals surface area (Å²) in [6.45, 7) is 0.280. The molecule has 0 aliphatic heterocycles. The van der Waals surface area contributed by atoms with Crippen LogP contribution in [0.4, 0.5) is 4.79 Å². The molecule has 0 aliphatic carbocycles. The van der Waals surface area contributed by atoms with Crippen LogP contribution in [0.5, 0.6) is 5.75 Å². The number of benzene rings is 1. The van der Waals surface area contributed by atoms with Crippen molar-refractivity contribution in [3.63, 3.8) is 0 Å². The van der Waals surface area contributed by atoms with Crippen LogP contribution in [-0.4, -0.2) is 24.9 Å². The minimum Gasteiger partial charge on any atom is -0.495 e. The highest BCUT2D eigenvalue weighted by Crippen LogP contribution is 2.32. The summed E-state index contributed by atoms with van der Waals surface area (Å²) in [5, 5.41) is 11.6. The molecule has 0 bridgehead atoms. The zero-order valence-corrected chi connectivity index (χ0v) is 10.1. The molecule has 2 N–H and O–H groups in total. The molecule has 1 aromatic carbocycles. The topological polar surface area (TPSA) is 58.6 Å². The van der Waals surface area contributed by atoms with Gasteiger partial charge in [0.25, 0.3) is 0 Å². The third-order valence-electron chi connectivity index (χ3n) is 1.96. The maximum Gasteiger partial charge on any atom is 0.404 e. The molecule has 0 saturated carbocycles. The Kier molecular flexibility index (Phi) is 4.71. The smallest absolute Gasteiger partial charge is 0.404 e. The number of halogens is 2. The molecule has 0 unspecified atom stereocenters. The quantitative estimate of drug-likeness (QED) is 0.879. The van der Waals surface area contributed by atoms with Gasteiger partial charge in [0.05, 0.1) is 12.1 Å². The Labute approximate surface area is 103 Å². The fourth-order valence-corrected chi connectivity index (χ4v) is 1.94. The van der Waals surface area contributed by atoms with Gasteiger partial charge in [-0.25, -0.2) is 4.79 Å². The van der Waals surface area contributed by atoms with E-state index in [4.69, 9.17) is 33.0 Å². The standard InChI is InChI=1S/C10H11Cl2NO3/c1-16-9-6(2-3-13-10(14)15)4-7(11)5-8(9)12/h4-5,13H,2-3H2,1H3,(H,14,15). The summed E-state index contributed by atoms with van der Waals surface area (Å²) in [5.41, 5.74) is 0.772. The second kappa shape index (κ2) is 5.82. The third-order valence-corrected chi connectivity index (χ3v) is 2.46. The Bertz CT molecular complexity index is 396. The summed E-state index contributed by atoms with van der Waals surface area (Å²) in [6.07, 6.45) is -0.595. The van der Waals surface area contributed by atoms with Crippen LogP contribution in [0.3, 0.4) is 0 Å². The Morgan fingerprint density at radius 3 is 2.75 bits per heavy atom. The van der Waals surface area contributed by atoms with Gasteiger partial charge in [-0.05, 0) is 24.1 Å². The van der Waals surface area contributed by atoms with Crippen LogP contribution in [0, 0.1) is 0 Å². The Morgan fingerprint density at radius 1 is 1.50 bits per heavy atom. The molecule has 1 aromatic rings. The van der Waals surface area contributed by atoms with Crippen molar-refractivity contribution in [1.29, 1.82) is 0 Å². The lowest BCUT2D eigenvalue weighted by molar-refractivity contribution is 0.194. The van der Waals surface area contributed by atoms with Crippen LogP contribution >= 0.6 is 23.2 Å². The van der Waals surface area contributed by atoms with Crippen molar-refractivity contribution in [2.45, 2.75) is 6.42 Å². The molecule has 0 fully saturated rings. The third kappa shape index (κ3) is 3.47. The molecule has 4 nitrogen and oxygen atoms in total. The summed E-state index contributed by atoms with van der Waals surface area (Å²) in [6, 6.07) is 3.28. The van der Waals surface area contributed by atoms with Crippen molar-refractivity contribution in [3.8, 4) is 5.75 Å². The first-order valence-corrected chi connectivity index (χ1v) is 5.29. The molecule has 1 rings (SSSR count). The van der Waals surface area contributed by atoms with Crippen molar-refractivity contribution >= 4 is 29.3 Å². The molecule has 0 radical (unpaired) electrons. The van der Waals surface area contributed by atoms with E-state index in [1.54, 1.807) is 12.1 Å². The fraction of sp³-hybridized carbons (Fsp3) is 0.300. The SMILES string of the molecule is COc1c(Cl)cc(Cl)cc1CCNC(=O)O. The zero-order chi connectivity index (χ0) is 12.1. The second-order valence-corrected chi connectivity index (χ2v) is 3.91. The van der Waals surface area contributed by atoms with E-state index in [1.807, 2.05) is 0 Å². The molecule has 88 valence electrons. The number of amides is 1. The van der Waals surface area contributed by atoms with Crippen LogP contribution in [-0.2, 0) is 6.42 Å². The van der Waals surface area contributed by atoms with Crippen molar-refractivity contribution in [1.82, 2.24) is 5.32 Å². The first kappa shape index (κ1) is 12.9. The van der Waals surface area contributed by atoms with Crippen LogP contribution in [0.15, 0.2) is 12.1 Å². The lowest BCUT2D eigenvalue weighted by atomic mass is 10.1. The Morgan fingerprint density at radius 2 is 2.19 bits per heavy atom. The summed E-state index contributed by atoms with van der Waals surface area (Å²) in [5.74, 6) is 0.526. The van der Waals surface area contributed by atoms with E-state index in [9.17, 15) is 4.79 Å². The van der Waals surface area contributed by atoms with E-state index in [0.29, 0.717) is 22.2 Å². The molecule has 0 heterocycles. The normalized spacial score (nSPS) is 9.94. The molecule has 0 saturated heterocycles. The summed E-state index contributed by atoms with van der Waals surface area (Å²) >= 11 is 11.8. The Hall–Kier alpha value is -1.13. The maximum atomic E-state index is 10.3. The van der Waals surface area contributed by atoms with E-state index in [2.05, 4.69) is 5.32 Å². The summed E-state index contributed by atoms with van der Waals surface area (Å²) in [4.78, 5) is 10.3. The van der Waals surface area contributed by atoms with E-state index < -0.39 is 6.09 Å². The largest absolute Gasteiger partial charge is 0.495 e. The molecule has 1 amide bonds. The van der Waals surface area contributed by atoms with E-state index in [1.165, 1.54) is 7.11 Å². The van der Waals surface area contributed by atoms with E-state index in [0.717, 1.165) is 5.56 Å². The van der Waals surface area contributed by atoms with E-state index >= 15 is 0 Å². The highest BCUT2D eigenvalue weighted by molar-refractivity contribution is 6.35. The average molecular weight is 264 g/mol. The average Bonchev–Trinajstić information content (AvgIpc) is 2.16.